The largest absolute Gasteiger partial charge is 0.545 e. The number of carbonyl (C=O) groups excluding carboxylic acids is 1. The Labute approximate surface area is 131 Å². The third-order valence-corrected chi connectivity index (χ3v) is 3.10. The topological polar surface area (TPSA) is 95.8 Å². The van der Waals surface area contributed by atoms with Crippen LogP contribution in [-0.4, -0.2) is 26.2 Å². The molecule has 0 unspecified atom stereocenters. The van der Waals surface area contributed by atoms with Crippen molar-refractivity contribution in [3.05, 3.63) is 72.2 Å². The van der Waals surface area contributed by atoms with Gasteiger partial charge in [0.1, 0.15) is 0 Å². The van der Waals surface area contributed by atoms with Crippen molar-refractivity contribution >= 4 is 17.7 Å². The van der Waals surface area contributed by atoms with E-state index in [1.807, 2.05) is 30.3 Å². The average molecular weight is 306 g/mol. The van der Waals surface area contributed by atoms with Crippen LogP contribution in [0.4, 0.5) is 5.69 Å². The number of aromatic nitrogens is 4. The molecule has 114 valence electrons. The van der Waals surface area contributed by atoms with Crippen LogP contribution in [0, 0.1) is 0 Å². The number of nitrogens with zero attached hydrogens (tertiary/aromatic N) is 4. The molecule has 1 heterocycles. The van der Waals surface area contributed by atoms with Gasteiger partial charge in [-0.1, -0.05) is 30.3 Å². The van der Waals surface area contributed by atoms with Gasteiger partial charge in [-0.3, -0.25) is 0 Å². The van der Waals surface area contributed by atoms with E-state index in [4.69, 9.17) is 0 Å². The number of benzene rings is 2. The fraction of sp³-hybridized carbons (Fsp3) is 0. The number of anilines is 1. The maximum Gasteiger partial charge on any atom is 0.181 e. The quantitative estimate of drug-likeness (QED) is 0.758. The van der Waals surface area contributed by atoms with Crippen LogP contribution in [0.1, 0.15) is 16.2 Å². The van der Waals surface area contributed by atoms with Crippen molar-refractivity contribution in [2.75, 3.05) is 5.32 Å². The Morgan fingerprint density at radius 1 is 1.09 bits per heavy atom. The summed E-state index contributed by atoms with van der Waals surface area (Å²) in [4.78, 5) is 10.7. The number of rotatable bonds is 5. The smallest absolute Gasteiger partial charge is 0.181 e. The van der Waals surface area contributed by atoms with Gasteiger partial charge in [0.15, 0.2) is 5.82 Å². The highest BCUT2D eigenvalue weighted by molar-refractivity contribution is 5.86. The van der Waals surface area contributed by atoms with Gasteiger partial charge in [0.25, 0.3) is 0 Å². The molecule has 0 aliphatic rings. The molecular weight excluding hydrogens is 294 g/mol. The molecule has 0 aliphatic carbocycles. The van der Waals surface area contributed by atoms with E-state index in [9.17, 15) is 9.90 Å². The number of para-hydroxylation sites is 1. The Hall–Kier alpha value is -3.48. The van der Waals surface area contributed by atoms with E-state index in [-0.39, 0.29) is 5.56 Å². The molecule has 1 N–H and O–H groups in total. The Morgan fingerprint density at radius 2 is 1.83 bits per heavy atom. The van der Waals surface area contributed by atoms with Crippen molar-refractivity contribution < 1.29 is 9.90 Å². The van der Waals surface area contributed by atoms with Gasteiger partial charge >= 0.3 is 0 Å². The van der Waals surface area contributed by atoms with Gasteiger partial charge in [-0.15, -0.1) is 5.10 Å². The predicted molar refractivity (Wildman–Crippen MR) is 82.6 cm³/mol. The van der Waals surface area contributed by atoms with E-state index < -0.39 is 5.97 Å². The fourth-order valence-electron chi connectivity index (χ4n) is 1.97. The number of hydrogen-bond acceptors (Lipinski definition) is 6. The summed E-state index contributed by atoms with van der Waals surface area (Å²) < 4.78 is 1.61. The van der Waals surface area contributed by atoms with Crippen LogP contribution >= 0.6 is 0 Å². The first-order chi connectivity index (χ1) is 11.2. The highest BCUT2D eigenvalue weighted by Crippen LogP contribution is 2.11. The molecular formula is C16H12N5O2-. The summed E-state index contributed by atoms with van der Waals surface area (Å²) in [5.41, 5.74) is 1.73. The van der Waals surface area contributed by atoms with Gasteiger partial charge in [0, 0.05) is 18.0 Å². The standard InChI is InChI=1S/C16H13N5O2/c22-16(23)12-6-8-13(9-7-12)17-11-10-15-18-19-20-21(15)14-4-2-1-3-5-14/h1-11,17H,(H,22,23)/p-1. The third kappa shape index (κ3) is 3.41. The minimum absolute atomic E-state index is 0.132. The van der Waals surface area contributed by atoms with Crippen molar-refractivity contribution in [2.24, 2.45) is 0 Å². The van der Waals surface area contributed by atoms with Crippen molar-refractivity contribution in [3.8, 4) is 5.69 Å². The number of aromatic carboxylic acids is 1. The zero-order valence-corrected chi connectivity index (χ0v) is 12.0. The molecule has 0 radical (unpaired) electrons. The minimum Gasteiger partial charge on any atom is -0.545 e. The predicted octanol–water partition coefficient (Wildman–Crippen LogP) is 1.11. The molecule has 7 nitrogen and oxygen atoms in total. The van der Waals surface area contributed by atoms with Gasteiger partial charge < -0.3 is 15.2 Å². The van der Waals surface area contributed by atoms with Gasteiger partial charge in [-0.2, -0.15) is 4.68 Å². The molecule has 3 aromatic rings. The number of hydrogen-bond donors (Lipinski definition) is 1. The second kappa shape index (κ2) is 6.52. The number of carboxylic acids is 1. The Bertz CT molecular complexity index is 825. The van der Waals surface area contributed by atoms with Crippen molar-refractivity contribution in [1.29, 1.82) is 0 Å². The normalized spacial score (nSPS) is 10.8. The van der Waals surface area contributed by atoms with E-state index in [2.05, 4.69) is 20.8 Å². The minimum atomic E-state index is -1.20. The molecule has 0 spiro atoms. The molecule has 1 aromatic heterocycles. The summed E-state index contributed by atoms with van der Waals surface area (Å²) in [6, 6.07) is 15.8. The zero-order valence-electron chi connectivity index (χ0n) is 12.0. The molecule has 23 heavy (non-hydrogen) atoms. The number of carbonyl (C=O) groups is 1. The van der Waals surface area contributed by atoms with Gasteiger partial charge in [-0.25, -0.2) is 0 Å². The van der Waals surface area contributed by atoms with E-state index >= 15 is 0 Å². The maximum atomic E-state index is 10.7. The zero-order chi connectivity index (χ0) is 16.1. The van der Waals surface area contributed by atoms with E-state index in [1.165, 1.54) is 12.1 Å². The van der Waals surface area contributed by atoms with E-state index in [0.717, 1.165) is 11.4 Å². The van der Waals surface area contributed by atoms with Gasteiger partial charge in [0.2, 0.25) is 0 Å². The molecule has 0 amide bonds. The summed E-state index contributed by atoms with van der Waals surface area (Å²) in [5.74, 6) is -0.635. The molecule has 0 fully saturated rings. The van der Waals surface area contributed by atoms with Gasteiger partial charge in [-0.05, 0) is 40.3 Å². The van der Waals surface area contributed by atoms with Crippen molar-refractivity contribution in [2.45, 2.75) is 0 Å². The molecule has 0 saturated heterocycles. The number of nitrogens with one attached hydrogen (secondary N) is 1. The molecule has 0 atom stereocenters. The van der Waals surface area contributed by atoms with Crippen LogP contribution in [0.3, 0.4) is 0 Å². The van der Waals surface area contributed by atoms with Crippen LogP contribution in [0.2, 0.25) is 0 Å². The summed E-state index contributed by atoms with van der Waals surface area (Å²) in [6.45, 7) is 0. The molecule has 0 aliphatic heterocycles. The third-order valence-electron chi connectivity index (χ3n) is 3.10. The van der Waals surface area contributed by atoms with Crippen molar-refractivity contribution in [3.63, 3.8) is 0 Å². The van der Waals surface area contributed by atoms with E-state index in [0.29, 0.717) is 5.82 Å². The lowest BCUT2D eigenvalue weighted by Gasteiger charge is -2.04. The van der Waals surface area contributed by atoms with Gasteiger partial charge in [0.05, 0.1) is 11.7 Å². The first-order valence-electron chi connectivity index (χ1n) is 6.82. The second-order valence-corrected chi connectivity index (χ2v) is 4.63. The Morgan fingerprint density at radius 3 is 2.52 bits per heavy atom. The summed E-state index contributed by atoms with van der Waals surface area (Å²) >= 11 is 0. The average Bonchev–Trinajstić information content (AvgIpc) is 3.05. The maximum absolute atomic E-state index is 10.7. The summed E-state index contributed by atoms with van der Waals surface area (Å²) in [7, 11) is 0. The lowest BCUT2D eigenvalue weighted by molar-refractivity contribution is -0.255. The molecule has 0 bridgehead atoms. The monoisotopic (exact) mass is 306 g/mol. The van der Waals surface area contributed by atoms with Crippen LogP contribution < -0.4 is 10.4 Å². The highest BCUT2D eigenvalue weighted by atomic mass is 16.4. The van der Waals surface area contributed by atoms with Crippen LogP contribution in [0.25, 0.3) is 11.8 Å². The van der Waals surface area contributed by atoms with Crippen LogP contribution in [-0.2, 0) is 0 Å². The Kier molecular flexibility index (Phi) is 4.10. The lowest BCUT2D eigenvalue weighted by Crippen LogP contribution is -2.21. The highest BCUT2D eigenvalue weighted by Gasteiger charge is 2.03. The first-order valence-corrected chi connectivity index (χ1v) is 6.82. The number of tetrazole rings is 1. The Balaban J connectivity index is 1.72. The fourth-order valence-corrected chi connectivity index (χ4v) is 1.97. The van der Waals surface area contributed by atoms with Crippen LogP contribution in [0.5, 0.6) is 0 Å². The van der Waals surface area contributed by atoms with E-state index in [1.54, 1.807) is 29.1 Å². The lowest BCUT2D eigenvalue weighted by atomic mass is 10.2. The van der Waals surface area contributed by atoms with Crippen LogP contribution in [0.15, 0.2) is 60.8 Å². The molecule has 7 heteroatoms. The molecule has 3 rings (SSSR count). The molecule has 2 aromatic carbocycles. The summed E-state index contributed by atoms with van der Waals surface area (Å²) in [6.07, 6.45) is 3.40. The summed E-state index contributed by atoms with van der Waals surface area (Å²) in [5, 5.41) is 25.3. The van der Waals surface area contributed by atoms with Crippen molar-refractivity contribution in [1.82, 2.24) is 20.2 Å². The SMILES string of the molecule is O=C([O-])c1ccc(NC=Cc2nnnn2-c2ccccc2)cc1. The number of carboxylic acid groups (broad SMARTS) is 1. The molecule has 0 saturated carbocycles. The first kappa shape index (κ1) is 14.5. The second-order valence-electron chi connectivity index (χ2n) is 4.63.